The molecule has 2 aromatic carbocycles. The third-order valence-electron chi connectivity index (χ3n) is 6.83. The number of aryl methyl sites for hydroxylation is 3. The first-order valence-corrected chi connectivity index (χ1v) is 12.5. The SMILES string of the molecule is Cc1cc2c(cc1C)C1=NN(c3ccc(OCC(C)N(C)C)cc3)C(=O)CC1CC2.O=C(O)/C=C\C(=O)O. The molecule has 38 heavy (non-hydrogen) atoms. The van der Waals surface area contributed by atoms with E-state index in [9.17, 15) is 14.4 Å². The number of benzene rings is 2. The van der Waals surface area contributed by atoms with Crippen molar-refractivity contribution in [1.82, 2.24) is 4.90 Å². The Balaban J connectivity index is 0.000000436. The van der Waals surface area contributed by atoms with Gasteiger partial charge in [-0.1, -0.05) is 6.07 Å². The zero-order chi connectivity index (χ0) is 28.0. The van der Waals surface area contributed by atoms with Crippen LogP contribution in [0.2, 0.25) is 0 Å². The predicted octanol–water partition coefficient (Wildman–Crippen LogP) is 4.05. The van der Waals surface area contributed by atoms with E-state index in [1.54, 1.807) is 5.01 Å². The number of ether oxygens (including phenoxy) is 1. The lowest BCUT2D eigenvalue weighted by molar-refractivity contribution is -0.134. The second-order valence-corrected chi connectivity index (χ2v) is 9.85. The normalized spacial score (nSPS) is 17.2. The number of carboxylic acid groups (broad SMARTS) is 2. The minimum atomic E-state index is -1.26. The Morgan fingerprint density at radius 2 is 1.71 bits per heavy atom. The Kier molecular flexibility index (Phi) is 9.41. The number of fused-ring (bicyclic) bond motifs is 3. The number of rotatable bonds is 7. The molecule has 2 aliphatic rings. The van der Waals surface area contributed by atoms with Gasteiger partial charge in [0.1, 0.15) is 12.4 Å². The molecule has 0 radical (unpaired) electrons. The summed E-state index contributed by atoms with van der Waals surface area (Å²) < 4.78 is 5.87. The van der Waals surface area contributed by atoms with Gasteiger partial charge in [0.25, 0.3) is 0 Å². The Morgan fingerprint density at radius 1 is 1.11 bits per heavy atom. The van der Waals surface area contributed by atoms with Gasteiger partial charge in [0.15, 0.2) is 0 Å². The fraction of sp³-hybridized carbons (Fsp3) is 0.379. The summed E-state index contributed by atoms with van der Waals surface area (Å²) in [7, 11) is 4.08. The van der Waals surface area contributed by atoms with E-state index in [4.69, 9.17) is 20.1 Å². The number of carbonyl (C=O) groups excluding carboxylic acids is 1. The van der Waals surface area contributed by atoms with Crippen LogP contribution in [-0.4, -0.2) is 65.4 Å². The summed E-state index contributed by atoms with van der Waals surface area (Å²) in [6.45, 7) is 7.04. The number of hydrazone groups is 1. The monoisotopic (exact) mass is 521 g/mol. The molecular weight excluding hydrogens is 486 g/mol. The maximum atomic E-state index is 12.8. The second-order valence-electron chi connectivity index (χ2n) is 9.85. The highest BCUT2D eigenvalue weighted by molar-refractivity contribution is 6.11. The fourth-order valence-electron chi connectivity index (χ4n) is 4.20. The third-order valence-corrected chi connectivity index (χ3v) is 6.83. The molecule has 0 saturated carbocycles. The van der Waals surface area contributed by atoms with E-state index >= 15 is 0 Å². The quantitative estimate of drug-likeness (QED) is 0.528. The lowest BCUT2D eigenvalue weighted by atomic mass is 9.78. The van der Waals surface area contributed by atoms with Gasteiger partial charge >= 0.3 is 11.9 Å². The van der Waals surface area contributed by atoms with Gasteiger partial charge in [-0.15, -0.1) is 0 Å². The molecule has 1 heterocycles. The van der Waals surface area contributed by atoms with Crippen LogP contribution < -0.4 is 9.75 Å². The highest BCUT2D eigenvalue weighted by Gasteiger charge is 2.34. The van der Waals surface area contributed by atoms with Crippen molar-refractivity contribution < 1.29 is 29.3 Å². The van der Waals surface area contributed by atoms with E-state index in [1.807, 2.05) is 38.4 Å². The first kappa shape index (κ1) is 28.6. The summed E-state index contributed by atoms with van der Waals surface area (Å²) in [4.78, 5) is 34.1. The Hall–Kier alpha value is -3.98. The summed E-state index contributed by atoms with van der Waals surface area (Å²) in [6.07, 6.45) is 3.64. The van der Waals surface area contributed by atoms with Gasteiger partial charge in [-0.05, 0) is 94.7 Å². The van der Waals surface area contributed by atoms with Crippen LogP contribution in [-0.2, 0) is 20.8 Å². The topological polar surface area (TPSA) is 120 Å². The van der Waals surface area contributed by atoms with Gasteiger partial charge in [-0.25, -0.2) is 14.6 Å². The molecule has 2 N–H and O–H groups in total. The van der Waals surface area contributed by atoms with E-state index in [-0.39, 0.29) is 11.8 Å². The molecule has 2 unspecified atom stereocenters. The number of aliphatic carboxylic acids is 2. The molecule has 9 heteroatoms. The van der Waals surface area contributed by atoms with Crippen LogP contribution in [0.15, 0.2) is 53.7 Å². The summed E-state index contributed by atoms with van der Waals surface area (Å²) in [5.41, 5.74) is 6.99. The molecule has 1 aliphatic carbocycles. The standard InChI is InChI=1S/C25H31N3O2.C4H4O4/c1-16-12-19-6-7-20-14-24(29)28(26-25(20)23(19)13-17(16)2)21-8-10-22(11-9-21)30-15-18(3)27(4)5;5-3(6)1-2-4(7)8/h8-13,18,20H,6-7,14-15H2,1-5H3;1-2H,(H,5,6)(H,7,8)/b;2-1-. The molecule has 1 aliphatic heterocycles. The Labute approximate surface area is 223 Å². The highest BCUT2D eigenvalue weighted by atomic mass is 16.5. The van der Waals surface area contributed by atoms with E-state index in [1.165, 1.54) is 22.3 Å². The molecule has 0 bridgehead atoms. The zero-order valence-electron chi connectivity index (χ0n) is 22.5. The minimum absolute atomic E-state index is 0.0610. The number of nitrogens with zero attached hydrogens (tertiary/aromatic N) is 3. The molecule has 0 fully saturated rings. The van der Waals surface area contributed by atoms with Gasteiger partial charge in [-0.2, -0.15) is 5.10 Å². The van der Waals surface area contributed by atoms with E-state index < -0.39 is 11.9 Å². The maximum Gasteiger partial charge on any atom is 0.328 e. The predicted molar refractivity (Wildman–Crippen MR) is 146 cm³/mol. The fourth-order valence-corrected chi connectivity index (χ4v) is 4.20. The second kappa shape index (κ2) is 12.5. The van der Waals surface area contributed by atoms with Gasteiger partial charge < -0.3 is 19.8 Å². The van der Waals surface area contributed by atoms with Crippen LogP contribution in [0.4, 0.5) is 5.69 Å². The van der Waals surface area contributed by atoms with Crippen molar-refractivity contribution in [3.63, 3.8) is 0 Å². The Bertz CT molecular complexity index is 1230. The molecule has 2 aromatic rings. The number of anilines is 1. The average Bonchev–Trinajstić information content (AvgIpc) is 2.87. The average molecular weight is 522 g/mol. The third kappa shape index (κ3) is 7.29. The van der Waals surface area contributed by atoms with Crippen LogP contribution in [0, 0.1) is 19.8 Å². The van der Waals surface area contributed by atoms with Gasteiger partial charge in [0.05, 0.1) is 11.4 Å². The molecular formula is C29H35N3O6. The van der Waals surface area contributed by atoms with Gasteiger partial charge in [0.2, 0.25) is 5.91 Å². The summed E-state index contributed by atoms with van der Waals surface area (Å²) in [6, 6.07) is 12.5. The number of carbonyl (C=O) groups is 3. The number of hydrogen-bond acceptors (Lipinski definition) is 6. The van der Waals surface area contributed by atoms with Crippen molar-refractivity contribution in [2.45, 2.75) is 46.1 Å². The van der Waals surface area contributed by atoms with Gasteiger partial charge in [-0.3, -0.25) is 4.79 Å². The summed E-state index contributed by atoms with van der Waals surface area (Å²) >= 11 is 0. The molecule has 0 spiro atoms. The van der Waals surface area contributed by atoms with Crippen molar-refractivity contribution in [3.05, 3.63) is 70.8 Å². The van der Waals surface area contributed by atoms with Crippen molar-refractivity contribution in [2.24, 2.45) is 11.0 Å². The number of hydrogen-bond donors (Lipinski definition) is 2. The molecule has 4 rings (SSSR count). The molecule has 202 valence electrons. The highest BCUT2D eigenvalue weighted by Crippen LogP contribution is 2.35. The number of carboxylic acids is 2. The lowest BCUT2D eigenvalue weighted by Gasteiger charge is -2.33. The van der Waals surface area contributed by atoms with Crippen LogP contribution in [0.5, 0.6) is 5.75 Å². The molecule has 0 saturated heterocycles. The summed E-state index contributed by atoms with van der Waals surface area (Å²) in [5, 5.41) is 22.0. The summed E-state index contributed by atoms with van der Waals surface area (Å²) in [5.74, 6) is -1.43. The van der Waals surface area contributed by atoms with E-state index in [2.05, 4.69) is 37.8 Å². The number of amides is 1. The van der Waals surface area contributed by atoms with Crippen molar-refractivity contribution in [3.8, 4) is 5.75 Å². The Morgan fingerprint density at radius 3 is 2.29 bits per heavy atom. The van der Waals surface area contributed by atoms with Crippen molar-refractivity contribution in [1.29, 1.82) is 0 Å². The van der Waals surface area contributed by atoms with Crippen molar-refractivity contribution in [2.75, 3.05) is 25.7 Å². The largest absolute Gasteiger partial charge is 0.492 e. The number of likely N-dealkylation sites (N-methyl/N-ethyl adjacent to an activating group) is 1. The van der Waals surface area contributed by atoms with E-state index in [0.717, 1.165) is 30.0 Å². The van der Waals surface area contributed by atoms with Crippen LogP contribution in [0.25, 0.3) is 0 Å². The maximum absolute atomic E-state index is 12.8. The van der Waals surface area contributed by atoms with Gasteiger partial charge in [0, 0.05) is 36.1 Å². The first-order valence-electron chi connectivity index (χ1n) is 12.5. The smallest absolute Gasteiger partial charge is 0.328 e. The van der Waals surface area contributed by atoms with Crippen LogP contribution >= 0.6 is 0 Å². The van der Waals surface area contributed by atoms with Crippen LogP contribution in [0.1, 0.15) is 42.0 Å². The molecule has 2 atom stereocenters. The lowest BCUT2D eigenvalue weighted by Crippen LogP contribution is -2.39. The van der Waals surface area contributed by atoms with E-state index in [0.29, 0.717) is 31.2 Å². The molecule has 0 aromatic heterocycles. The first-order chi connectivity index (χ1) is 18.0. The molecule has 9 nitrogen and oxygen atoms in total. The minimum Gasteiger partial charge on any atom is -0.492 e. The van der Waals surface area contributed by atoms with Crippen LogP contribution in [0.3, 0.4) is 0 Å². The van der Waals surface area contributed by atoms with Crippen molar-refractivity contribution >= 4 is 29.2 Å². The zero-order valence-corrected chi connectivity index (χ0v) is 22.5. The molecule has 1 amide bonds.